The van der Waals surface area contributed by atoms with Gasteiger partial charge in [0.1, 0.15) is 17.7 Å². The van der Waals surface area contributed by atoms with Crippen LogP contribution in [0.4, 0.5) is 0 Å². The maximum atomic E-state index is 13.6. The molecule has 27 heavy (non-hydrogen) atoms. The molecule has 0 saturated heterocycles. The number of carbonyl (C=O) groups is 2. The van der Waals surface area contributed by atoms with Gasteiger partial charge in [-0.25, -0.2) is 0 Å². The second-order valence-electron chi connectivity index (χ2n) is 9.36. The molecule has 7 rings (SSSR count). The van der Waals surface area contributed by atoms with Gasteiger partial charge in [-0.05, 0) is 36.2 Å². The molecule has 4 heteroatoms. The Morgan fingerprint density at radius 3 is 2.15 bits per heavy atom. The smallest absolute Gasteiger partial charge is 0.141 e. The average molecular weight is 359 g/mol. The third kappa shape index (κ3) is 1.61. The molecule has 6 aliphatic rings. The van der Waals surface area contributed by atoms with Gasteiger partial charge in [0, 0.05) is 35.5 Å². The molecular weight excluding hydrogens is 338 g/mol. The van der Waals surface area contributed by atoms with E-state index in [0.717, 1.165) is 24.1 Å². The van der Waals surface area contributed by atoms with E-state index < -0.39 is 0 Å². The number of Topliss-reactive ketones (excluding diaryl/α,β-unsaturated/α-hetero) is 2. The van der Waals surface area contributed by atoms with Crippen molar-refractivity contribution in [3.63, 3.8) is 0 Å². The van der Waals surface area contributed by atoms with Crippen molar-refractivity contribution in [1.29, 1.82) is 0 Å². The number of hydrogen-bond acceptors (Lipinski definition) is 4. The summed E-state index contributed by atoms with van der Waals surface area (Å²) < 4.78 is 0. The standard InChI is InChI=1S/C23H21NO3/c25-21-15-11-6-7-12(8-11)16(15)22(26)18-14-9-13(17(18)21)19-20(24-27-23(14)19)10-4-2-1-3-5-10/h1-7,11-19,23H,8-9H2/t11-,12+,13-,14+,15+,16-,17+,18-,19+,23+/m1/s1. The minimum Gasteiger partial charge on any atom is -0.391 e. The normalized spacial score (nSPS) is 50.4. The van der Waals surface area contributed by atoms with Crippen molar-refractivity contribution in [2.75, 3.05) is 0 Å². The Morgan fingerprint density at radius 2 is 1.44 bits per heavy atom. The Bertz CT molecular complexity index is 934. The van der Waals surface area contributed by atoms with E-state index >= 15 is 0 Å². The monoisotopic (exact) mass is 359 g/mol. The summed E-state index contributed by atoms with van der Waals surface area (Å²) in [6.45, 7) is 0. The van der Waals surface area contributed by atoms with Crippen LogP contribution in [0.5, 0.6) is 0 Å². The van der Waals surface area contributed by atoms with E-state index in [9.17, 15) is 9.59 Å². The van der Waals surface area contributed by atoms with Crippen molar-refractivity contribution in [3.8, 4) is 0 Å². The number of allylic oxidation sites excluding steroid dienone is 2. The summed E-state index contributed by atoms with van der Waals surface area (Å²) in [4.78, 5) is 32.9. The minimum atomic E-state index is -0.122. The maximum Gasteiger partial charge on any atom is 0.141 e. The van der Waals surface area contributed by atoms with Crippen LogP contribution in [0.2, 0.25) is 0 Å². The van der Waals surface area contributed by atoms with Gasteiger partial charge in [0.2, 0.25) is 0 Å². The molecule has 0 radical (unpaired) electrons. The lowest BCUT2D eigenvalue weighted by Gasteiger charge is -2.44. The Kier molecular flexibility index (Phi) is 2.62. The Labute approximate surface area is 157 Å². The highest BCUT2D eigenvalue weighted by Gasteiger charge is 2.71. The lowest BCUT2D eigenvalue weighted by Crippen LogP contribution is -2.55. The van der Waals surface area contributed by atoms with Crippen LogP contribution in [0.15, 0.2) is 47.6 Å². The largest absolute Gasteiger partial charge is 0.391 e. The quantitative estimate of drug-likeness (QED) is 0.725. The maximum absolute atomic E-state index is 13.6. The summed E-state index contributed by atoms with van der Waals surface area (Å²) in [6.07, 6.45) is 6.31. The van der Waals surface area contributed by atoms with Gasteiger partial charge in [-0.2, -0.15) is 0 Å². The molecule has 136 valence electrons. The van der Waals surface area contributed by atoms with E-state index in [1.54, 1.807) is 0 Å². The van der Waals surface area contributed by atoms with Crippen molar-refractivity contribution < 1.29 is 14.4 Å². The van der Waals surface area contributed by atoms with Crippen LogP contribution in [0.25, 0.3) is 0 Å². The van der Waals surface area contributed by atoms with Crippen molar-refractivity contribution in [2.45, 2.75) is 18.9 Å². The number of ketones is 2. The molecule has 0 spiro atoms. The van der Waals surface area contributed by atoms with Crippen molar-refractivity contribution in [2.24, 2.45) is 58.4 Å². The van der Waals surface area contributed by atoms with Crippen molar-refractivity contribution >= 4 is 17.3 Å². The molecule has 4 nitrogen and oxygen atoms in total. The number of oxime groups is 1. The molecule has 4 saturated carbocycles. The molecule has 0 unspecified atom stereocenters. The SMILES string of the molecule is O=C1[C@@H]2[C@H](C(=O)[C@@H]3[C@@H]4C[C@@H]([C@H]5C(c6ccccc6)=NO[C@@H]45)[C@H]13)[C@H]1C=C[C@@H]2C1. The zero-order chi connectivity index (χ0) is 17.9. The van der Waals surface area contributed by atoms with Crippen LogP contribution in [0.3, 0.4) is 0 Å². The molecule has 5 aliphatic carbocycles. The van der Waals surface area contributed by atoms with E-state index in [0.29, 0.717) is 23.4 Å². The number of rotatable bonds is 1. The van der Waals surface area contributed by atoms with Gasteiger partial charge >= 0.3 is 0 Å². The van der Waals surface area contributed by atoms with Gasteiger partial charge in [0.25, 0.3) is 0 Å². The van der Waals surface area contributed by atoms with Crippen LogP contribution in [0, 0.1) is 53.3 Å². The van der Waals surface area contributed by atoms with Crippen LogP contribution in [-0.4, -0.2) is 23.4 Å². The second kappa shape index (κ2) is 4.78. The zero-order valence-corrected chi connectivity index (χ0v) is 14.9. The average Bonchev–Trinajstić information content (AvgIpc) is 3.49. The first-order valence-corrected chi connectivity index (χ1v) is 10.3. The van der Waals surface area contributed by atoms with Gasteiger partial charge in [0.05, 0.1) is 5.71 Å². The fraction of sp³-hybridized carbons (Fsp3) is 0.522. The summed E-state index contributed by atoms with van der Waals surface area (Å²) >= 11 is 0. The molecular formula is C23H21NO3. The predicted molar refractivity (Wildman–Crippen MR) is 97.7 cm³/mol. The molecule has 0 amide bonds. The highest BCUT2D eigenvalue weighted by atomic mass is 16.6. The van der Waals surface area contributed by atoms with Crippen molar-refractivity contribution in [3.05, 3.63) is 48.0 Å². The summed E-state index contributed by atoms with van der Waals surface area (Å²) in [5.41, 5.74) is 2.08. The molecule has 0 N–H and O–H groups in total. The number of benzene rings is 1. The first-order valence-electron chi connectivity index (χ1n) is 10.3. The lowest BCUT2D eigenvalue weighted by atomic mass is 9.57. The topological polar surface area (TPSA) is 55.7 Å². The summed E-state index contributed by atoms with van der Waals surface area (Å²) in [5, 5.41) is 4.44. The molecule has 4 fully saturated rings. The molecule has 1 heterocycles. The Morgan fingerprint density at radius 1 is 0.778 bits per heavy atom. The molecule has 10 atom stereocenters. The van der Waals surface area contributed by atoms with Gasteiger partial charge in [-0.3, -0.25) is 9.59 Å². The van der Waals surface area contributed by atoms with Crippen LogP contribution in [0.1, 0.15) is 18.4 Å². The fourth-order valence-electron chi connectivity index (χ4n) is 7.71. The summed E-state index contributed by atoms with van der Waals surface area (Å²) in [7, 11) is 0. The van der Waals surface area contributed by atoms with Gasteiger partial charge < -0.3 is 4.84 Å². The second-order valence-corrected chi connectivity index (χ2v) is 9.36. The molecule has 1 aromatic rings. The van der Waals surface area contributed by atoms with E-state index in [1.165, 1.54) is 0 Å². The highest BCUT2D eigenvalue weighted by molar-refractivity contribution is 6.06. The zero-order valence-electron chi connectivity index (χ0n) is 14.9. The summed E-state index contributed by atoms with van der Waals surface area (Å²) in [6, 6.07) is 10.2. The Hall–Kier alpha value is -2.23. The van der Waals surface area contributed by atoms with Gasteiger partial charge in [-0.15, -0.1) is 0 Å². The summed E-state index contributed by atoms with van der Waals surface area (Å²) in [5.74, 6) is 1.56. The number of carbonyl (C=O) groups excluding carboxylic acids is 2. The molecule has 1 aliphatic heterocycles. The van der Waals surface area contributed by atoms with E-state index in [-0.39, 0.29) is 47.5 Å². The predicted octanol–water partition coefficient (Wildman–Crippen LogP) is 2.88. The van der Waals surface area contributed by atoms with E-state index in [2.05, 4.69) is 29.4 Å². The third-order valence-electron chi connectivity index (χ3n) is 8.52. The lowest BCUT2D eigenvalue weighted by molar-refractivity contribution is -0.154. The first-order chi connectivity index (χ1) is 13.2. The minimum absolute atomic E-state index is 0.0195. The van der Waals surface area contributed by atoms with E-state index in [4.69, 9.17) is 4.84 Å². The molecule has 0 aromatic heterocycles. The van der Waals surface area contributed by atoms with Gasteiger partial charge in [-0.1, -0.05) is 47.6 Å². The van der Waals surface area contributed by atoms with Gasteiger partial charge in [0.15, 0.2) is 0 Å². The fourth-order valence-corrected chi connectivity index (χ4v) is 7.71. The number of nitrogens with zero attached hydrogens (tertiary/aromatic N) is 1. The van der Waals surface area contributed by atoms with Crippen molar-refractivity contribution in [1.82, 2.24) is 0 Å². The molecule has 4 bridgehead atoms. The first kappa shape index (κ1) is 14.8. The van der Waals surface area contributed by atoms with Crippen LogP contribution >= 0.6 is 0 Å². The third-order valence-corrected chi connectivity index (χ3v) is 8.52. The van der Waals surface area contributed by atoms with Crippen LogP contribution < -0.4 is 0 Å². The highest BCUT2D eigenvalue weighted by Crippen LogP contribution is 2.65. The Balaban J connectivity index is 1.29. The van der Waals surface area contributed by atoms with Crippen LogP contribution in [-0.2, 0) is 14.4 Å². The van der Waals surface area contributed by atoms with E-state index in [1.807, 2.05) is 18.2 Å². The number of fused-ring (bicyclic) bond motifs is 13. The molecule has 1 aromatic carbocycles. The number of hydrogen-bond donors (Lipinski definition) is 0.